The van der Waals surface area contributed by atoms with Crippen molar-refractivity contribution in [2.45, 2.75) is 71.1 Å². The van der Waals surface area contributed by atoms with E-state index in [1.807, 2.05) is 30.3 Å². The molecule has 15 heteroatoms. The van der Waals surface area contributed by atoms with Crippen LogP contribution in [0.1, 0.15) is 50.6 Å². The Kier molecular flexibility index (Phi) is 13.0. The summed E-state index contributed by atoms with van der Waals surface area (Å²) >= 11 is 12.4. The summed E-state index contributed by atoms with van der Waals surface area (Å²) in [5.74, 6) is -3.81. The van der Waals surface area contributed by atoms with Gasteiger partial charge in [-0.05, 0) is 47.7 Å². The monoisotopic (exact) mass is 659 g/mol. The molecule has 2 aromatic carbocycles. The molecule has 240 valence electrons. The second kappa shape index (κ2) is 16.6. The van der Waals surface area contributed by atoms with Gasteiger partial charge in [0.2, 0.25) is 17.7 Å². The normalized spacial score (nSPS) is 13.0. The van der Waals surface area contributed by atoms with E-state index >= 15 is 0 Å². The van der Waals surface area contributed by atoms with Gasteiger partial charge in [0.05, 0.1) is 6.42 Å². The lowest BCUT2D eigenvalue weighted by Gasteiger charge is -2.25. The van der Waals surface area contributed by atoms with Crippen molar-refractivity contribution in [3.63, 3.8) is 0 Å². The summed E-state index contributed by atoms with van der Waals surface area (Å²) in [4.78, 5) is 64.0. The van der Waals surface area contributed by atoms with Crippen molar-refractivity contribution in [1.82, 2.24) is 36.2 Å². The summed E-state index contributed by atoms with van der Waals surface area (Å²) in [6.07, 6.45) is 0.0988. The van der Waals surface area contributed by atoms with Crippen molar-refractivity contribution in [3.8, 4) is 0 Å². The summed E-state index contributed by atoms with van der Waals surface area (Å²) in [6.45, 7) is 4.41. The van der Waals surface area contributed by atoms with Gasteiger partial charge in [-0.15, -0.1) is 10.2 Å². The SMILES string of the molecule is CC(C)[C@H](NC(=O)CCc1ccccc1)C(=O)N[C@@H](C)C(=O)NC(CC(=O)O)C(=O)Cn1nnc(Cc2c(Cl)cccc2Cl)n1. The van der Waals surface area contributed by atoms with Crippen LogP contribution in [0.4, 0.5) is 0 Å². The first-order valence-electron chi connectivity index (χ1n) is 14.2. The molecule has 0 aliphatic rings. The fraction of sp³-hybridized carbons (Fsp3) is 0.400. The molecule has 0 spiro atoms. The Bertz CT molecular complexity index is 1500. The average molecular weight is 661 g/mol. The van der Waals surface area contributed by atoms with E-state index in [0.29, 0.717) is 22.0 Å². The van der Waals surface area contributed by atoms with Crippen LogP contribution in [0, 0.1) is 5.92 Å². The number of tetrazole rings is 1. The molecule has 0 radical (unpaired) electrons. The van der Waals surface area contributed by atoms with E-state index in [2.05, 4.69) is 31.4 Å². The fourth-order valence-electron chi connectivity index (χ4n) is 4.29. The van der Waals surface area contributed by atoms with Gasteiger partial charge in [0, 0.05) is 22.9 Å². The number of halogens is 2. The minimum Gasteiger partial charge on any atom is -0.481 e. The number of aryl methyl sites for hydroxylation is 1. The van der Waals surface area contributed by atoms with E-state index < -0.39 is 54.7 Å². The fourth-order valence-corrected chi connectivity index (χ4v) is 4.82. The third kappa shape index (κ3) is 10.9. The van der Waals surface area contributed by atoms with Gasteiger partial charge >= 0.3 is 5.97 Å². The minimum atomic E-state index is -1.44. The van der Waals surface area contributed by atoms with Crippen LogP contribution in [0.15, 0.2) is 48.5 Å². The Morgan fingerprint density at radius 2 is 1.56 bits per heavy atom. The van der Waals surface area contributed by atoms with Gasteiger partial charge in [0.1, 0.15) is 24.7 Å². The first kappa shape index (κ1) is 35.1. The number of ketones is 1. The Balaban J connectivity index is 1.58. The van der Waals surface area contributed by atoms with E-state index in [0.717, 1.165) is 10.4 Å². The molecule has 0 bridgehead atoms. The summed E-state index contributed by atoms with van der Waals surface area (Å²) in [5, 5.41) is 29.7. The first-order chi connectivity index (χ1) is 21.3. The van der Waals surface area contributed by atoms with Gasteiger partial charge < -0.3 is 21.1 Å². The molecular formula is C30H35Cl2N7O6. The van der Waals surface area contributed by atoms with E-state index in [4.69, 9.17) is 23.2 Å². The van der Waals surface area contributed by atoms with E-state index in [9.17, 15) is 29.1 Å². The van der Waals surface area contributed by atoms with Crippen LogP contribution in [0.2, 0.25) is 10.0 Å². The van der Waals surface area contributed by atoms with Gasteiger partial charge in [-0.2, -0.15) is 4.80 Å². The standard InChI is InChI=1S/C30H35Cl2N7O6/c1-17(2)28(35-26(41)13-12-19-8-5-4-6-9-19)30(45)33-18(3)29(44)34-23(15-27(42)43)24(40)16-39-37-25(36-38-39)14-20-21(31)10-7-11-22(20)32/h4-11,17-18,23,28H,12-16H2,1-3H3,(H,33,45)(H,34,44)(H,35,41)(H,42,43)/t18-,23?,28-/m0/s1. The molecule has 1 heterocycles. The maximum atomic E-state index is 13.0. The van der Waals surface area contributed by atoms with Crippen LogP contribution < -0.4 is 16.0 Å². The van der Waals surface area contributed by atoms with Crippen LogP contribution in [-0.2, 0) is 43.4 Å². The topological polar surface area (TPSA) is 185 Å². The Morgan fingerprint density at radius 3 is 2.18 bits per heavy atom. The molecule has 13 nitrogen and oxygen atoms in total. The number of aliphatic carboxylic acids is 1. The Morgan fingerprint density at radius 1 is 0.889 bits per heavy atom. The van der Waals surface area contributed by atoms with Crippen molar-refractivity contribution in [1.29, 1.82) is 0 Å². The molecule has 0 aliphatic carbocycles. The van der Waals surface area contributed by atoms with Gasteiger partial charge in [0.15, 0.2) is 11.6 Å². The average Bonchev–Trinajstić information content (AvgIpc) is 3.43. The third-order valence-electron chi connectivity index (χ3n) is 6.77. The second-order valence-electron chi connectivity index (χ2n) is 10.7. The van der Waals surface area contributed by atoms with E-state index in [1.165, 1.54) is 6.92 Å². The van der Waals surface area contributed by atoms with Gasteiger partial charge in [-0.25, -0.2) is 0 Å². The number of benzene rings is 2. The third-order valence-corrected chi connectivity index (χ3v) is 7.48. The maximum absolute atomic E-state index is 13.0. The molecule has 3 atom stereocenters. The number of rotatable bonds is 16. The summed E-state index contributed by atoms with van der Waals surface area (Å²) < 4.78 is 0. The number of hydrogen-bond donors (Lipinski definition) is 4. The van der Waals surface area contributed by atoms with Crippen LogP contribution in [0.25, 0.3) is 0 Å². The van der Waals surface area contributed by atoms with Crippen molar-refractivity contribution in [2.75, 3.05) is 0 Å². The lowest BCUT2D eigenvalue weighted by Crippen LogP contribution is -2.56. The molecule has 45 heavy (non-hydrogen) atoms. The number of carboxylic acids is 1. The van der Waals surface area contributed by atoms with Crippen molar-refractivity contribution in [2.24, 2.45) is 5.92 Å². The summed E-state index contributed by atoms with van der Waals surface area (Å²) in [6, 6.07) is 10.9. The molecule has 1 aromatic heterocycles. The lowest BCUT2D eigenvalue weighted by atomic mass is 10.0. The number of carboxylic acid groups (broad SMARTS) is 1. The smallest absolute Gasteiger partial charge is 0.305 e. The lowest BCUT2D eigenvalue weighted by molar-refractivity contribution is -0.140. The molecule has 4 N–H and O–H groups in total. The summed E-state index contributed by atoms with van der Waals surface area (Å²) in [7, 11) is 0. The van der Waals surface area contributed by atoms with E-state index in [1.54, 1.807) is 32.0 Å². The molecule has 3 rings (SSSR count). The van der Waals surface area contributed by atoms with E-state index in [-0.39, 0.29) is 30.5 Å². The quantitative estimate of drug-likeness (QED) is 0.179. The zero-order valence-electron chi connectivity index (χ0n) is 25.0. The molecule has 3 amide bonds. The highest BCUT2D eigenvalue weighted by Crippen LogP contribution is 2.25. The van der Waals surface area contributed by atoms with Crippen LogP contribution >= 0.6 is 23.2 Å². The van der Waals surface area contributed by atoms with Gasteiger partial charge in [0.25, 0.3) is 0 Å². The largest absolute Gasteiger partial charge is 0.481 e. The Hall–Kier alpha value is -4.36. The molecule has 0 aliphatic heterocycles. The van der Waals surface area contributed by atoms with Crippen LogP contribution in [0.5, 0.6) is 0 Å². The zero-order chi connectivity index (χ0) is 33.1. The van der Waals surface area contributed by atoms with Gasteiger partial charge in [-0.3, -0.25) is 24.0 Å². The molecule has 1 unspecified atom stereocenters. The molecule has 3 aromatic rings. The molecule has 0 fully saturated rings. The molecular weight excluding hydrogens is 625 g/mol. The number of amides is 3. The first-order valence-corrected chi connectivity index (χ1v) is 15.0. The summed E-state index contributed by atoms with van der Waals surface area (Å²) in [5.41, 5.74) is 1.56. The van der Waals surface area contributed by atoms with Crippen molar-refractivity contribution >= 4 is 52.7 Å². The minimum absolute atomic E-state index is 0.143. The number of aromatic nitrogens is 4. The molecule has 0 saturated carbocycles. The zero-order valence-corrected chi connectivity index (χ0v) is 26.5. The number of nitrogens with one attached hydrogen (secondary N) is 3. The highest BCUT2D eigenvalue weighted by atomic mass is 35.5. The number of Topliss-reactive ketones (excluding diaryl/α,β-unsaturated/α-hetero) is 1. The van der Waals surface area contributed by atoms with Crippen molar-refractivity contribution in [3.05, 3.63) is 75.5 Å². The van der Waals surface area contributed by atoms with Crippen LogP contribution in [-0.4, -0.2) is 72.9 Å². The number of carbonyl (C=O) groups is 5. The second-order valence-corrected chi connectivity index (χ2v) is 11.6. The number of nitrogens with zero attached hydrogens (tertiary/aromatic N) is 4. The van der Waals surface area contributed by atoms with Crippen molar-refractivity contribution < 1.29 is 29.1 Å². The number of carbonyl (C=O) groups excluding carboxylic acids is 4. The predicted octanol–water partition coefficient (Wildman–Crippen LogP) is 2.38. The Labute approximate surface area is 270 Å². The highest BCUT2D eigenvalue weighted by Gasteiger charge is 2.30. The highest BCUT2D eigenvalue weighted by molar-refractivity contribution is 6.36. The predicted molar refractivity (Wildman–Crippen MR) is 165 cm³/mol. The van der Waals surface area contributed by atoms with Gasteiger partial charge in [-0.1, -0.05) is 73.4 Å². The molecule has 0 saturated heterocycles. The van der Waals surface area contributed by atoms with Crippen LogP contribution in [0.3, 0.4) is 0 Å². The number of hydrogen-bond acceptors (Lipinski definition) is 8. The maximum Gasteiger partial charge on any atom is 0.305 e.